The zero-order valence-corrected chi connectivity index (χ0v) is 17.7. The molecule has 1 aromatic heterocycles. The van der Waals surface area contributed by atoms with Crippen molar-refractivity contribution < 1.29 is 4.42 Å². The van der Waals surface area contributed by atoms with Gasteiger partial charge in [-0.25, -0.2) is 0 Å². The van der Waals surface area contributed by atoms with Crippen LogP contribution in [0.4, 0.5) is 0 Å². The second kappa shape index (κ2) is 6.86. The molecule has 0 unspecified atom stereocenters. The SMILES string of the molecule is Brc1cccc2oc3ccc(-c4ccc(-c5cccc6ccccc56)cc4)cc3c12. The summed E-state index contributed by atoms with van der Waals surface area (Å²) in [6, 6.07) is 36.3. The number of hydrogen-bond donors (Lipinski definition) is 0. The van der Waals surface area contributed by atoms with E-state index in [0.29, 0.717) is 0 Å². The maximum absolute atomic E-state index is 6.01. The van der Waals surface area contributed by atoms with Gasteiger partial charge in [-0.05, 0) is 57.3 Å². The van der Waals surface area contributed by atoms with Crippen LogP contribution < -0.4 is 0 Å². The zero-order chi connectivity index (χ0) is 20.1. The summed E-state index contributed by atoms with van der Waals surface area (Å²) in [6.45, 7) is 0. The van der Waals surface area contributed by atoms with Crippen molar-refractivity contribution in [3.05, 3.63) is 108 Å². The molecule has 0 saturated carbocycles. The lowest BCUT2D eigenvalue weighted by atomic mass is 9.96. The van der Waals surface area contributed by atoms with Crippen LogP contribution in [0, 0.1) is 0 Å². The fourth-order valence-electron chi connectivity index (χ4n) is 4.28. The highest BCUT2D eigenvalue weighted by molar-refractivity contribution is 9.10. The average Bonchev–Trinajstić information content (AvgIpc) is 3.18. The van der Waals surface area contributed by atoms with Gasteiger partial charge >= 0.3 is 0 Å². The molecule has 0 aliphatic heterocycles. The van der Waals surface area contributed by atoms with Crippen LogP contribution in [0.2, 0.25) is 0 Å². The van der Waals surface area contributed by atoms with E-state index < -0.39 is 0 Å². The molecule has 0 bridgehead atoms. The van der Waals surface area contributed by atoms with Gasteiger partial charge in [-0.1, -0.05) is 94.8 Å². The molecule has 6 rings (SSSR count). The molecule has 0 radical (unpaired) electrons. The van der Waals surface area contributed by atoms with Crippen molar-refractivity contribution >= 4 is 48.6 Å². The summed E-state index contributed by atoms with van der Waals surface area (Å²) >= 11 is 3.67. The van der Waals surface area contributed by atoms with Crippen LogP contribution >= 0.6 is 15.9 Å². The Morgan fingerprint density at radius 1 is 0.533 bits per heavy atom. The quantitative estimate of drug-likeness (QED) is 0.257. The van der Waals surface area contributed by atoms with Crippen LogP contribution in [0.1, 0.15) is 0 Å². The Bertz CT molecular complexity index is 1540. The van der Waals surface area contributed by atoms with Crippen molar-refractivity contribution in [3.63, 3.8) is 0 Å². The number of benzene rings is 5. The molecule has 0 saturated heterocycles. The number of fused-ring (bicyclic) bond motifs is 4. The van der Waals surface area contributed by atoms with Gasteiger partial charge in [-0.3, -0.25) is 0 Å². The largest absolute Gasteiger partial charge is 0.456 e. The highest BCUT2D eigenvalue weighted by atomic mass is 79.9. The van der Waals surface area contributed by atoms with E-state index >= 15 is 0 Å². The highest BCUT2D eigenvalue weighted by Crippen LogP contribution is 2.37. The Labute approximate surface area is 182 Å². The molecule has 0 fully saturated rings. The number of furan rings is 1. The summed E-state index contributed by atoms with van der Waals surface area (Å²) in [5, 5.41) is 4.81. The molecular weight excluding hydrogens is 432 g/mol. The minimum absolute atomic E-state index is 0.905. The van der Waals surface area contributed by atoms with Gasteiger partial charge in [-0.2, -0.15) is 0 Å². The molecule has 6 aromatic rings. The van der Waals surface area contributed by atoms with Crippen molar-refractivity contribution in [2.75, 3.05) is 0 Å². The van der Waals surface area contributed by atoms with Crippen molar-refractivity contribution in [2.24, 2.45) is 0 Å². The minimum Gasteiger partial charge on any atom is -0.456 e. The van der Waals surface area contributed by atoms with Gasteiger partial charge in [0.25, 0.3) is 0 Å². The van der Waals surface area contributed by atoms with Crippen LogP contribution in [-0.2, 0) is 0 Å². The number of halogens is 1. The van der Waals surface area contributed by atoms with Crippen LogP contribution in [0.25, 0.3) is 55.0 Å². The second-order valence-corrected chi connectivity index (χ2v) is 8.38. The molecule has 0 aliphatic carbocycles. The molecule has 0 spiro atoms. The highest BCUT2D eigenvalue weighted by Gasteiger charge is 2.11. The Hall–Kier alpha value is -3.36. The second-order valence-electron chi connectivity index (χ2n) is 7.53. The van der Waals surface area contributed by atoms with Crippen molar-refractivity contribution in [1.29, 1.82) is 0 Å². The first-order valence-electron chi connectivity index (χ1n) is 9.97. The van der Waals surface area contributed by atoms with Gasteiger partial charge in [-0.15, -0.1) is 0 Å². The summed E-state index contributed by atoms with van der Waals surface area (Å²) in [5.41, 5.74) is 6.69. The van der Waals surface area contributed by atoms with E-state index in [9.17, 15) is 0 Å². The van der Waals surface area contributed by atoms with Crippen molar-refractivity contribution in [2.45, 2.75) is 0 Å². The standard InChI is InChI=1S/C28H17BrO/c29-25-9-4-10-27-28(25)24-17-21(15-16-26(24)30-27)18-11-13-20(14-12-18)23-8-3-6-19-5-1-2-7-22(19)23/h1-17H. The summed E-state index contributed by atoms with van der Waals surface area (Å²) in [4.78, 5) is 0. The summed E-state index contributed by atoms with van der Waals surface area (Å²) in [7, 11) is 0. The lowest BCUT2D eigenvalue weighted by Gasteiger charge is -2.08. The molecule has 5 aromatic carbocycles. The summed E-state index contributed by atoms with van der Waals surface area (Å²) in [5.74, 6) is 0. The first kappa shape index (κ1) is 17.5. The Balaban J connectivity index is 1.46. The molecular formula is C28H17BrO. The lowest BCUT2D eigenvalue weighted by Crippen LogP contribution is -1.83. The zero-order valence-electron chi connectivity index (χ0n) is 16.1. The maximum atomic E-state index is 6.01. The third-order valence-electron chi connectivity index (χ3n) is 5.76. The van der Waals surface area contributed by atoms with E-state index in [-0.39, 0.29) is 0 Å². The Morgan fingerprint density at radius 3 is 2.17 bits per heavy atom. The fourth-order valence-corrected chi connectivity index (χ4v) is 4.84. The van der Waals surface area contributed by atoms with Crippen LogP contribution in [0.3, 0.4) is 0 Å². The van der Waals surface area contributed by atoms with E-state index in [1.165, 1.54) is 33.0 Å². The molecule has 30 heavy (non-hydrogen) atoms. The molecule has 142 valence electrons. The van der Waals surface area contributed by atoms with E-state index in [0.717, 1.165) is 26.4 Å². The Kier molecular flexibility index (Phi) is 4.00. The van der Waals surface area contributed by atoms with Crippen molar-refractivity contribution in [1.82, 2.24) is 0 Å². The summed E-state index contributed by atoms with van der Waals surface area (Å²) < 4.78 is 7.07. The van der Waals surface area contributed by atoms with E-state index in [4.69, 9.17) is 4.42 Å². The smallest absolute Gasteiger partial charge is 0.136 e. The van der Waals surface area contributed by atoms with Gasteiger partial charge in [0, 0.05) is 15.2 Å². The average molecular weight is 449 g/mol. The van der Waals surface area contributed by atoms with Crippen LogP contribution in [-0.4, -0.2) is 0 Å². The van der Waals surface area contributed by atoms with Gasteiger partial charge in [0.05, 0.1) is 0 Å². The first-order valence-corrected chi connectivity index (χ1v) is 10.8. The number of hydrogen-bond acceptors (Lipinski definition) is 1. The van der Waals surface area contributed by atoms with E-state index in [2.05, 4.69) is 107 Å². The van der Waals surface area contributed by atoms with Crippen LogP contribution in [0.15, 0.2) is 112 Å². The first-order chi connectivity index (χ1) is 14.8. The van der Waals surface area contributed by atoms with E-state index in [1.807, 2.05) is 12.1 Å². The Morgan fingerprint density at radius 2 is 1.27 bits per heavy atom. The molecule has 0 atom stereocenters. The fraction of sp³-hybridized carbons (Fsp3) is 0. The minimum atomic E-state index is 0.905. The summed E-state index contributed by atoms with van der Waals surface area (Å²) in [6.07, 6.45) is 0. The van der Waals surface area contributed by atoms with Gasteiger partial charge in [0.1, 0.15) is 11.2 Å². The maximum Gasteiger partial charge on any atom is 0.136 e. The number of rotatable bonds is 2. The molecule has 1 heterocycles. The predicted molar refractivity (Wildman–Crippen MR) is 130 cm³/mol. The van der Waals surface area contributed by atoms with Crippen LogP contribution in [0.5, 0.6) is 0 Å². The predicted octanol–water partition coefficient (Wildman–Crippen LogP) is 8.84. The third-order valence-corrected chi connectivity index (χ3v) is 6.42. The molecule has 0 aliphatic rings. The van der Waals surface area contributed by atoms with Gasteiger partial charge < -0.3 is 4.42 Å². The van der Waals surface area contributed by atoms with E-state index in [1.54, 1.807) is 0 Å². The molecule has 0 amide bonds. The normalized spacial score (nSPS) is 11.5. The van der Waals surface area contributed by atoms with Crippen molar-refractivity contribution in [3.8, 4) is 22.3 Å². The van der Waals surface area contributed by atoms with Gasteiger partial charge in [0.2, 0.25) is 0 Å². The molecule has 2 heteroatoms. The molecule has 0 N–H and O–H groups in total. The topological polar surface area (TPSA) is 13.1 Å². The third kappa shape index (κ3) is 2.76. The lowest BCUT2D eigenvalue weighted by molar-refractivity contribution is 0.669. The van der Waals surface area contributed by atoms with Gasteiger partial charge in [0.15, 0.2) is 0 Å². The molecule has 1 nitrogen and oxygen atoms in total. The monoisotopic (exact) mass is 448 g/mol.